The molecule has 0 saturated heterocycles. The predicted molar refractivity (Wildman–Crippen MR) is 68.4 cm³/mol. The molecular weight excluding hydrogens is 208 g/mol. The van der Waals surface area contributed by atoms with Gasteiger partial charge in [-0.1, -0.05) is 48.5 Å². The Balaban J connectivity index is 2.14. The Morgan fingerprint density at radius 3 is 2.53 bits per heavy atom. The monoisotopic (exact) mass is 222 g/mol. The third-order valence-electron chi connectivity index (χ3n) is 3.55. The van der Waals surface area contributed by atoms with Crippen LogP contribution in [0.25, 0.3) is 0 Å². The van der Waals surface area contributed by atoms with E-state index in [-0.39, 0.29) is 11.7 Å². The summed E-state index contributed by atoms with van der Waals surface area (Å²) in [7, 11) is 0. The van der Waals surface area contributed by atoms with Crippen LogP contribution in [0.15, 0.2) is 48.5 Å². The molecule has 1 aliphatic rings. The Morgan fingerprint density at radius 2 is 1.76 bits per heavy atom. The van der Waals surface area contributed by atoms with Crippen molar-refractivity contribution in [3.63, 3.8) is 0 Å². The van der Waals surface area contributed by atoms with Crippen LogP contribution in [-0.2, 0) is 0 Å². The highest BCUT2D eigenvalue weighted by atomic mass is 16.1. The standard InChI is InChI=1S/C16H14O/c1-11-6-5-9-13-14(10-15(17)16(11)13)12-7-3-2-4-8-12/h2-9,14H,10H2,1H3. The summed E-state index contributed by atoms with van der Waals surface area (Å²) in [5.74, 6) is 0.533. The second kappa shape index (κ2) is 3.85. The molecule has 1 unspecified atom stereocenters. The van der Waals surface area contributed by atoms with Gasteiger partial charge in [-0.25, -0.2) is 0 Å². The Bertz CT molecular complexity index is 569. The zero-order valence-corrected chi connectivity index (χ0v) is 9.81. The van der Waals surface area contributed by atoms with Gasteiger partial charge in [-0.15, -0.1) is 0 Å². The van der Waals surface area contributed by atoms with E-state index < -0.39 is 0 Å². The van der Waals surface area contributed by atoms with Gasteiger partial charge in [-0.2, -0.15) is 0 Å². The fraction of sp³-hybridized carbons (Fsp3) is 0.188. The summed E-state index contributed by atoms with van der Waals surface area (Å²) >= 11 is 0. The lowest BCUT2D eigenvalue weighted by molar-refractivity contribution is 0.0991. The normalized spacial score (nSPS) is 18.2. The summed E-state index contributed by atoms with van der Waals surface area (Å²) in [5, 5.41) is 0. The average molecular weight is 222 g/mol. The van der Waals surface area contributed by atoms with Gasteiger partial charge < -0.3 is 0 Å². The van der Waals surface area contributed by atoms with E-state index >= 15 is 0 Å². The number of hydrogen-bond acceptors (Lipinski definition) is 1. The summed E-state index contributed by atoms with van der Waals surface area (Å²) in [6.45, 7) is 2.02. The number of carbonyl (C=O) groups excluding carboxylic acids is 1. The molecule has 2 aromatic rings. The molecule has 1 nitrogen and oxygen atoms in total. The first-order chi connectivity index (χ1) is 8.27. The summed E-state index contributed by atoms with van der Waals surface area (Å²) in [6.07, 6.45) is 0.615. The van der Waals surface area contributed by atoms with E-state index in [0.717, 1.165) is 11.1 Å². The molecule has 0 radical (unpaired) electrons. The van der Waals surface area contributed by atoms with Crippen LogP contribution in [0.2, 0.25) is 0 Å². The molecule has 1 aliphatic carbocycles. The van der Waals surface area contributed by atoms with Crippen LogP contribution in [-0.4, -0.2) is 5.78 Å². The third-order valence-corrected chi connectivity index (χ3v) is 3.55. The highest BCUT2D eigenvalue weighted by Gasteiger charge is 2.31. The number of fused-ring (bicyclic) bond motifs is 1. The van der Waals surface area contributed by atoms with Crippen LogP contribution < -0.4 is 0 Å². The maximum atomic E-state index is 12.1. The molecule has 0 fully saturated rings. The van der Waals surface area contributed by atoms with Gasteiger partial charge in [0.05, 0.1) is 0 Å². The number of benzene rings is 2. The Labute approximate surface area is 101 Å². The smallest absolute Gasteiger partial charge is 0.164 e. The third kappa shape index (κ3) is 1.59. The minimum absolute atomic E-state index is 0.249. The minimum atomic E-state index is 0.249. The molecule has 0 N–H and O–H groups in total. The molecule has 1 atom stereocenters. The predicted octanol–water partition coefficient (Wildman–Crippen LogP) is 3.71. The van der Waals surface area contributed by atoms with Crippen molar-refractivity contribution < 1.29 is 4.79 Å². The van der Waals surface area contributed by atoms with Crippen LogP contribution >= 0.6 is 0 Å². The summed E-state index contributed by atoms with van der Waals surface area (Å²) < 4.78 is 0. The number of hydrogen-bond donors (Lipinski definition) is 0. The topological polar surface area (TPSA) is 17.1 Å². The summed E-state index contributed by atoms with van der Waals surface area (Å²) in [5.41, 5.74) is 4.48. The molecule has 0 aromatic heterocycles. The molecule has 3 rings (SSSR count). The van der Waals surface area contributed by atoms with Crippen molar-refractivity contribution in [3.8, 4) is 0 Å². The van der Waals surface area contributed by atoms with Crippen molar-refractivity contribution in [2.75, 3.05) is 0 Å². The highest BCUT2D eigenvalue weighted by molar-refractivity contribution is 6.03. The quantitative estimate of drug-likeness (QED) is 0.718. The average Bonchev–Trinajstić information content (AvgIpc) is 2.69. The lowest BCUT2D eigenvalue weighted by atomic mass is 9.92. The molecule has 2 aromatic carbocycles. The van der Waals surface area contributed by atoms with Crippen molar-refractivity contribution in [1.29, 1.82) is 0 Å². The molecule has 0 bridgehead atoms. The largest absolute Gasteiger partial charge is 0.294 e. The van der Waals surface area contributed by atoms with Crippen molar-refractivity contribution in [1.82, 2.24) is 0 Å². The van der Waals surface area contributed by atoms with Crippen LogP contribution in [0.5, 0.6) is 0 Å². The zero-order valence-electron chi connectivity index (χ0n) is 9.81. The first kappa shape index (κ1) is 10.3. The molecule has 0 aliphatic heterocycles. The molecule has 17 heavy (non-hydrogen) atoms. The second-order valence-corrected chi connectivity index (χ2v) is 4.63. The van der Waals surface area contributed by atoms with Crippen molar-refractivity contribution in [2.24, 2.45) is 0 Å². The van der Waals surface area contributed by atoms with Gasteiger partial charge >= 0.3 is 0 Å². The fourth-order valence-corrected chi connectivity index (χ4v) is 2.74. The van der Waals surface area contributed by atoms with Gasteiger partial charge in [-0.3, -0.25) is 4.79 Å². The lowest BCUT2D eigenvalue weighted by Gasteiger charge is -2.11. The van der Waals surface area contributed by atoms with Crippen LogP contribution in [0.1, 0.15) is 39.4 Å². The molecule has 1 heteroatoms. The van der Waals surface area contributed by atoms with Crippen LogP contribution in [0.4, 0.5) is 0 Å². The molecule has 84 valence electrons. The lowest BCUT2D eigenvalue weighted by Crippen LogP contribution is -1.95. The van der Waals surface area contributed by atoms with Gasteiger partial charge in [0.1, 0.15) is 0 Å². The highest BCUT2D eigenvalue weighted by Crippen LogP contribution is 2.39. The van der Waals surface area contributed by atoms with Crippen molar-refractivity contribution in [3.05, 3.63) is 70.8 Å². The maximum absolute atomic E-state index is 12.1. The minimum Gasteiger partial charge on any atom is -0.294 e. The van der Waals surface area contributed by atoms with E-state index in [0.29, 0.717) is 6.42 Å². The van der Waals surface area contributed by atoms with Gasteiger partial charge in [-0.05, 0) is 23.6 Å². The molecular formula is C16H14O. The molecule has 0 heterocycles. The van der Waals surface area contributed by atoms with E-state index in [1.807, 2.05) is 37.3 Å². The fourth-order valence-electron chi connectivity index (χ4n) is 2.74. The van der Waals surface area contributed by atoms with Gasteiger partial charge in [0, 0.05) is 17.9 Å². The SMILES string of the molecule is Cc1cccc2c1C(=O)CC2c1ccccc1. The van der Waals surface area contributed by atoms with Crippen LogP contribution in [0.3, 0.4) is 0 Å². The number of Topliss-reactive ketones (excluding diaryl/α,β-unsaturated/α-hetero) is 1. The number of ketones is 1. The van der Waals surface area contributed by atoms with E-state index in [1.54, 1.807) is 0 Å². The first-order valence-corrected chi connectivity index (χ1v) is 5.95. The van der Waals surface area contributed by atoms with Crippen LogP contribution in [0, 0.1) is 6.92 Å². The zero-order chi connectivity index (χ0) is 11.8. The molecule has 0 saturated carbocycles. The van der Waals surface area contributed by atoms with Crippen molar-refractivity contribution >= 4 is 5.78 Å². The van der Waals surface area contributed by atoms with E-state index in [2.05, 4.69) is 18.2 Å². The number of carbonyl (C=O) groups is 1. The van der Waals surface area contributed by atoms with Gasteiger partial charge in [0.25, 0.3) is 0 Å². The molecule has 0 spiro atoms. The molecule has 0 amide bonds. The van der Waals surface area contributed by atoms with Gasteiger partial charge in [0.15, 0.2) is 5.78 Å². The van der Waals surface area contributed by atoms with E-state index in [9.17, 15) is 4.79 Å². The van der Waals surface area contributed by atoms with Gasteiger partial charge in [0.2, 0.25) is 0 Å². The number of aryl methyl sites for hydroxylation is 1. The number of rotatable bonds is 1. The Kier molecular flexibility index (Phi) is 2.32. The Hall–Kier alpha value is -1.89. The summed E-state index contributed by atoms with van der Waals surface area (Å²) in [6, 6.07) is 16.4. The Morgan fingerprint density at radius 1 is 1.00 bits per heavy atom. The van der Waals surface area contributed by atoms with Crippen molar-refractivity contribution in [2.45, 2.75) is 19.3 Å². The second-order valence-electron chi connectivity index (χ2n) is 4.63. The van der Waals surface area contributed by atoms with E-state index in [1.165, 1.54) is 11.1 Å². The summed E-state index contributed by atoms with van der Waals surface area (Å²) in [4.78, 5) is 12.1. The maximum Gasteiger partial charge on any atom is 0.164 e. The van der Waals surface area contributed by atoms with E-state index in [4.69, 9.17) is 0 Å². The first-order valence-electron chi connectivity index (χ1n) is 5.95.